The van der Waals surface area contributed by atoms with E-state index < -0.39 is 0 Å². The van der Waals surface area contributed by atoms with Crippen LogP contribution < -0.4 is 11.1 Å². The van der Waals surface area contributed by atoms with Gasteiger partial charge in [-0.25, -0.2) is 0 Å². The van der Waals surface area contributed by atoms with Gasteiger partial charge in [0.1, 0.15) is 0 Å². The van der Waals surface area contributed by atoms with Gasteiger partial charge in [0.05, 0.1) is 10.6 Å². The van der Waals surface area contributed by atoms with E-state index in [9.17, 15) is 4.79 Å². The molecule has 0 bridgehead atoms. The Balaban J connectivity index is 2.28. The van der Waals surface area contributed by atoms with E-state index in [0.717, 1.165) is 15.7 Å². The molecule has 0 fully saturated rings. The molecule has 0 atom stereocenters. The maximum absolute atomic E-state index is 12.2. The minimum Gasteiger partial charge on any atom is -0.399 e. The quantitative estimate of drug-likeness (QED) is 0.804. The van der Waals surface area contributed by atoms with E-state index in [1.807, 2.05) is 25.1 Å². The van der Waals surface area contributed by atoms with Crippen LogP contribution in [0.5, 0.6) is 0 Å². The predicted molar refractivity (Wildman–Crippen MR) is 82.7 cm³/mol. The number of hydrogen-bond donors (Lipinski definition) is 2. The lowest BCUT2D eigenvalue weighted by molar-refractivity contribution is 0.102. The summed E-state index contributed by atoms with van der Waals surface area (Å²) in [4.78, 5) is 12.2. The summed E-state index contributed by atoms with van der Waals surface area (Å²) < 4.78 is 0.963. The highest BCUT2D eigenvalue weighted by Gasteiger charge is 2.12. The lowest BCUT2D eigenvalue weighted by Crippen LogP contribution is -2.13. The second-order valence-corrected chi connectivity index (χ2v) is 5.48. The van der Waals surface area contributed by atoms with E-state index in [-0.39, 0.29) is 5.91 Å². The largest absolute Gasteiger partial charge is 0.399 e. The van der Waals surface area contributed by atoms with E-state index >= 15 is 0 Å². The topological polar surface area (TPSA) is 55.1 Å². The molecule has 0 saturated heterocycles. The highest BCUT2D eigenvalue weighted by molar-refractivity contribution is 9.10. The smallest absolute Gasteiger partial charge is 0.257 e. The van der Waals surface area contributed by atoms with Crippen molar-refractivity contribution in [2.75, 3.05) is 11.1 Å². The minimum absolute atomic E-state index is 0.275. The van der Waals surface area contributed by atoms with Crippen LogP contribution in [0.15, 0.2) is 40.9 Å². The lowest BCUT2D eigenvalue weighted by Gasteiger charge is -2.10. The highest BCUT2D eigenvalue weighted by atomic mass is 79.9. The fraction of sp³-hybridized carbons (Fsp3) is 0.0714. The first-order valence-electron chi connectivity index (χ1n) is 5.60. The number of amides is 1. The molecule has 5 heteroatoms. The van der Waals surface area contributed by atoms with Crippen LogP contribution in [0.3, 0.4) is 0 Å². The van der Waals surface area contributed by atoms with Gasteiger partial charge in [-0.2, -0.15) is 0 Å². The Morgan fingerprint density at radius 3 is 2.68 bits per heavy atom. The fourth-order valence-electron chi connectivity index (χ4n) is 1.67. The Bertz CT molecular complexity index is 643. The summed E-state index contributed by atoms with van der Waals surface area (Å²) in [6.45, 7) is 1.92. The van der Waals surface area contributed by atoms with Crippen LogP contribution in [0.1, 0.15) is 15.9 Å². The molecule has 0 spiro atoms. The van der Waals surface area contributed by atoms with Crippen LogP contribution in [0.4, 0.5) is 11.4 Å². The molecule has 0 heterocycles. The van der Waals surface area contributed by atoms with Crippen LogP contribution in [0, 0.1) is 6.92 Å². The number of benzene rings is 2. The van der Waals surface area contributed by atoms with Crippen molar-refractivity contribution in [3.63, 3.8) is 0 Å². The van der Waals surface area contributed by atoms with Crippen LogP contribution in [-0.2, 0) is 0 Å². The molecule has 0 aliphatic rings. The Labute approximate surface area is 124 Å². The number of rotatable bonds is 2. The molecule has 2 aromatic carbocycles. The molecule has 0 aliphatic heterocycles. The molecule has 2 rings (SSSR count). The molecular weight excluding hydrogens is 328 g/mol. The molecule has 1 amide bonds. The van der Waals surface area contributed by atoms with Crippen LogP contribution >= 0.6 is 27.5 Å². The molecule has 0 radical (unpaired) electrons. The summed E-state index contributed by atoms with van der Waals surface area (Å²) in [6, 6.07) is 10.5. The van der Waals surface area contributed by atoms with Crippen LogP contribution in [0.25, 0.3) is 0 Å². The normalized spacial score (nSPS) is 10.3. The Morgan fingerprint density at radius 2 is 2.00 bits per heavy atom. The lowest BCUT2D eigenvalue weighted by atomic mass is 10.1. The number of anilines is 2. The third-order valence-corrected chi connectivity index (χ3v) is 3.49. The zero-order valence-corrected chi connectivity index (χ0v) is 12.5. The molecule has 19 heavy (non-hydrogen) atoms. The summed E-state index contributed by atoms with van der Waals surface area (Å²) in [5.41, 5.74) is 8.23. The summed E-state index contributed by atoms with van der Waals surface area (Å²) in [5.74, 6) is -0.275. The van der Waals surface area contributed by atoms with Gasteiger partial charge in [-0.05, 0) is 48.9 Å². The number of nitrogen functional groups attached to an aromatic ring is 1. The van der Waals surface area contributed by atoms with Gasteiger partial charge in [-0.15, -0.1) is 0 Å². The molecule has 3 N–H and O–H groups in total. The standard InChI is InChI=1S/C14H12BrClN2O/c1-8-6-9(15)2-5-13(8)18-14(19)11-7-10(17)3-4-12(11)16/h2-7H,17H2,1H3,(H,18,19). The summed E-state index contributed by atoms with van der Waals surface area (Å²) >= 11 is 9.38. The van der Waals surface area contributed by atoms with E-state index in [1.165, 1.54) is 0 Å². The number of halogens is 2. The molecule has 3 nitrogen and oxygen atoms in total. The van der Waals surface area contributed by atoms with Crippen LogP contribution in [-0.4, -0.2) is 5.91 Å². The van der Waals surface area contributed by atoms with Crippen molar-refractivity contribution in [2.45, 2.75) is 6.92 Å². The molecule has 0 unspecified atom stereocenters. The van der Waals surface area contributed by atoms with E-state index in [2.05, 4.69) is 21.2 Å². The van der Waals surface area contributed by atoms with Crippen molar-refractivity contribution in [1.82, 2.24) is 0 Å². The van der Waals surface area contributed by atoms with Gasteiger partial charge in [0.15, 0.2) is 0 Å². The molecule has 98 valence electrons. The van der Waals surface area contributed by atoms with Gasteiger partial charge in [0.2, 0.25) is 0 Å². The van der Waals surface area contributed by atoms with Crippen molar-refractivity contribution in [3.05, 3.63) is 57.0 Å². The van der Waals surface area contributed by atoms with Gasteiger partial charge >= 0.3 is 0 Å². The number of aryl methyl sites for hydroxylation is 1. The van der Waals surface area contributed by atoms with E-state index in [1.54, 1.807) is 18.2 Å². The maximum atomic E-state index is 12.2. The Hall–Kier alpha value is -1.52. The fourth-order valence-corrected chi connectivity index (χ4v) is 2.35. The number of carbonyl (C=O) groups excluding carboxylic acids is 1. The van der Waals surface area contributed by atoms with E-state index in [0.29, 0.717) is 16.3 Å². The van der Waals surface area contributed by atoms with Crippen molar-refractivity contribution >= 4 is 44.8 Å². The zero-order valence-electron chi connectivity index (χ0n) is 10.2. The SMILES string of the molecule is Cc1cc(Br)ccc1NC(=O)c1cc(N)ccc1Cl. The van der Waals surface area contributed by atoms with Gasteiger partial charge in [0, 0.05) is 15.8 Å². The number of nitrogens with one attached hydrogen (secondary N) is 1. The number of nitrogens with two attached hydrogens (primary N) is 1. The summed E-state index contributed by atoms with van der Waals surface area (Å²) in [5, 5.41) is 3.20. The first-order chi connectivity index (χ1) is 8.97. The molecule has 0 aliphatic carbocycles. The molecular formula is C14H12BrClN2O. The Morgan fingerprint density at radius 1 is 1.26 bits per heavy atom. The highest BCUT2D eigenvalue weighted by Crippen LogP contribution is 2.23. The second kappa shape index (κ2) is 5.63. The monoisotopic (exact) mass is 338 g/mol. The van der Waals surface area contributed by atoms with Crippen molar-refractivity contribution < 1.29 is 4.79 Å². The molecule has 0 aromatic heterocycles. The third-order valence-electron chi connectivity index (χ3n) is 2.67. The van der Waals surface area contributed by atoms with Gasteiger partial charge in [-0.1, -0.05) is 27.5 Å². The van der Waals surface area contributed by atoms with Gasteiger partial charge in [-0.3, -0.25) is 4.79 Å². The van der Waals surface area contributed by atoms with Crippen molar-refractivity contribution in [1.29, 1.82) is 0 Å². The first kappa shape index (κ1) is 13.9. The predicted octanol–water partition coefficient (Wildman–Crippen LogP) is 4.25. The Kier molecular flexibility index (Phi) is 4.12. The van der Waals surface area contributed by atoms with Crippen molar-refractivity contribution in [2.24, 2.45) is 0 Å². The average Bonchev–Trinajstić information content (AvgIpc) is 2.35. The molecule has 2 aromatic rings. The van der Waals surface area contributed by atoms with E-state index in [4.69, 9.17) is 17.3 Å². The van der Waals surface area contributed by atoms with Crippen molar-refractivity contribution in [3.8, 4) is 0 Å². The third kappa shape index (κ3) is 3.28. The number of carbonyl (C=O) groups is 1. The summed E-state index contributed by atoms with van der Waals surface area (Å²) in [7, 11) is 0. The van der Waals surface area contributed by atoms with Crippen LogP contribution in [0.2, 0.25) is 5.02 Å². The second-order valence-electron chi connectivity index (χ2n) is 4.15. The number of hydrogen-bond acceptors (Lipinski definition) is 2. The first-order valence-corrected chi connectivity index (χ1v) is 6.77. The van der Waals surface area contributed by atoms with Gasteiger partial charge in [0.25, 0.3) is 5.91 Å². The minimum atomic E-state index is -0.275. The zero-order chi connectivity index (χ0) is 14.0. The maximum Gasteiger partial charge on any atom is 0.257 e. The molecule has 0 saturated carbocycles. The summed E-state index contributed by atoms with van der Waals surface area (Å²) in [6.07, 6.45) is 0. The van der Waals surface area contributed by atoms with Gasteiger partial charge < -0.3 is 11.1 Å². The average molecular weight is 340 g/mol.